The molecule has 3 aromatic rings. The number of anilines is 2. The molecule has 1 aliphatic heterocycles. The van der Waals surface area contributed by atoms with Gasteiger partial charge in [0.1, 0.15) is 5.82 Å². The number of rotatable bonds is 6. The number of carbonyl (C=O) groups is 1. The van der Waals surface area contributed by atoms with Crippen molar-refractivity contribution >= 4 is 29.0 Å². The van der Waals surface area contributed by atoms with Crippen molar-refractivity contribution in [2.75, 3.05) is 42.3 Å². The summed E-state index contributed by atoms with van der Waals surface area (Å²) in [5, 5.41) is 10.00. The molecule has 2 heterocycles. The number of carbonyl (C=O) groups excluding carboxylic acids is 1. The largest absolute Gasteiger partial charge is 0.378 e. The van der Waals surface area contributed by atoms with Gasteiger partial charge in [-0.3, -0.25) is 9.89 Å². The molecule has 4 rings (SSSR count). The Labute approximate surface area is 171 Å². The maximum atomic E-state index is 13.8. The van der Waals surface area contributed by atoms with Gasteiger partial charge >= 0.3 is 0 Å². The van der Waals surface area contributed by atoms with Gasteiger partial charge in [0.2, 0.25) is 11.1 Å². The van der Waals surface area contributed by atoms with Gasteiger partial charge in [-0.1, -0.05) is 23.9 Å². The Hall–Kier alpha value is -2.91. The average molecular weight is 413 g/mol. The SMILES string of the molecule is O=C(CSc1n[nH]c(-c2ccccc2F)n1)Nc1ccc(N2CCOCC2)cc1. The average Bonchev–Trinajstić information content (AvgIpc) is 3.23. The van der Waals surface area contributed by atoms with E-state index in [4.69, 9.17) is 4.74 Å². The Bertz CT molecular complexity index is 973. The topological polar surface area (TPSA) is 83.1 Å². The van der Waals surface area contributed by atoms with E-state index >= 15 is 0 Å². The zero-order chi connectivity index (χ0) is 20.1. The molecule has 0 aliphatic carbocycles. The van der Waals surface area contributed by atoms with E-state index in [1.165, 1.54) is 17.8 Å². The number of aromatic nitrogens is 3. The van der Waals surface area contributed by atoms with Crippen LogP contribution in [0.5, 0.6) is 0 Å². The van der Waals surface area contributed by atoms with Gasteiger partial charge in [-0.25, -0.2) is 9.37 Å². The number of hydrogen-bond acceptors (Lipinski definition) is 6. The molecular weight excluding hydrogens is 393 g/mol. The molecular formula is C20H20FN5O2S. The summed E-state index contributed by atoms with van der Waals surface area (Å²) in [7, 11) is 0. The van der Waals surface area contributed by atoms with Crippen molar-refractivity contribution in [1.82, 2.24) is 15.2 Å². The molecule has 0 saturated carbocycles. The van der Waals surface area contributed by atoms with Crippen molar-refractivity contribution < 1.29 is 13.9 Å². The zero-order valence-corrected chi connectivity index (χ0v) is 16.4. The third-order valence-electron chi connectivity index (χ3n) is 4.45. The third kappa shape index (κ3) is 4.93. The Balaban J connectivity index is 1.30. The molecule has 7 nitrogen and oxygen atoms in total. The fraction of sp³-hybridized carbons (Fsp3) is 0.250. The summed E-state index contributed by atoms with van der Waals surface area (Å²) >= 11 is 1.18. The van der Waals surface area contributed by atoms with E-state index in [1.54, 1.807) is 18.2 Å². The molecule has 0 atom stereocenters. The summed E-state index contributed by atoms with van der Waals surface area (Å²) in [6.07, 6.45) is 0. The van der Waals surface area contributed by atoms with E-state index in [2.05, 4.69) is 25.4 Å². The first kappa shape index (κ1) is 19.4. The number of amides is 1. The van der Waals surface area contributed by atoms with Crippen LogP contribution < -0.4 is 10.2 Å². The number of ether oxygens (including phenoxy) is 1. The molecule has 0 bridgehead atoms. The van der Waals surface area contributed by atoms with Crippen LogP contribution >= 0.6 is 11.8 Å². The predicted molar refractivity (Wildman–Crippen MR) is 111 cm³/mol. The standard InChI is InChI=1S/C20H20FN5O2S/c21-17-4-2-1-3-16(17)19-23-20(25-24-19)29-13-18(27)22-14-5-7-15(8-6-14)26-9-11-28-12-10-26/h1-8H,9-13H2,(H,22,27)(H,23,24,25). The number of aromatic amines is 1. The Kier molecular flexibility index (Phi) is 6.06. The lowest BCUT2D eigenvalue weighted by Gasteiger charge is -2.28. The number of H-pyrrole nitrogens is 1. The number of morpholine rings is 1. The predicted octanol–water partition coefficient (Wildman–Crippen LogP) is 3.18. The zero-order valence-electron chi connectivity index (χ0n) is 15.6. The van der Waals surface area contributed by atoms with Crippen LogP contribution in [0.2, 0.25) is 0 Å². The third-order valence-corrected chi connectivity index (χ3v) is 5.30. The molecule has 1 amide bonds. The Morgan fingerprint density at radius 1 is 1.17 bits per heavy atom. The molecule has 1 fully saturated rings. The second kappa shape index (κ2) is 9.06. The number of nitrogens with one attached hydrogen (secondary N) is 2. The first-order valence-corrected chi connectivity index (χ1v) is 10.2. The molecule has 150 valence electrons. The van der Waals surface area contributed by atoms with Crippen LogP contribution in [-0.2, 0) is 9.53 Å². The van der Waals surface area contributed by atoms with Crippen LogP contribution in [0.25, 0.3) is 11.4 Å². The fourth-order valence-electron chi connectivity index (χ4n) is 2.99. The van der Waals surface area contributed by atoms with Crippen molar-refractivity contribution in [1.29, 1.82) is 0 Å². The lowest BCUT2D eigenvalue weighted by Crippen LogP contribution is -2.36. The van der Waals surface area contributed by atoms with Crippen LogP contribution in [0.15, 0.2) is 53.7 Å². The van der Waals surface area contributed by atoms with E-state index in [-0.39, 0.29) is 17.5 Å². The minimum atomic E-state index is -0.376. The maximum absolute atomic E-state index is 13.8. The van der Waals surface area contributed by atoms with Gasteiger partial charge in [0.15, 0.2) is 5.82 Å². The smallest absolute Gasteiger partial charge is 0.234 e. The molecule has 1 aromatic heterocycles. The van der Waals surface area contributed by atoms with Gasteiger partial charge in [-0.2, -0.15) is 0 Å². The highest BCUT2D eigenvalue weighted by Crippen LogP contribution is 2.22. The van der Waals surface area contributed by atoms with Crippen molar-refractivity contribution in [3.05, 3.63) is 54.3 Å². The normalized spacial score (nSPS) is 14.0. The van der Waals surface area contributed by atoms with Gasteiger partial charge in [0, 0.05) is 24.5 Å². The summed E-state index contributed by atoms with van der Waals surface area (Å²) in [5.41, 5.74) is 2.19. The first-order valence-electron chi connectivity index (χ1n) is 9.22. The van der Waals surface area contributed by atoms with Crippen LogP contribution in [-0.4, -0.2) is 53.1 Å². The first-order chi connectivity index (χ1) is 14.2. The van der Waals surface area contributed by atoms with E-state index < -0.39 is 0 Å². The minimum absolute atomic E-state index is 0.153. The molecule has 1 aliphatic rings. The monoisotopic (exact) mass is 413 g/mol. The number of halogens is 1. The van der Waals surface area contributed by atoms with E-state index in [0.717, 1.165) is 37.7 Å². The van der Waals surface area contributed by atoms with Crippen LogP contribution in [0, 0.1) is 5.82 Å². The van der Waals surface area contributed by atoms with Crippen molar-refractivity contribution in [3.63, 3.8) is 0 Å². The quantitative estimate of drug-likeness (QED) is 0.604. The van der Waals surface area contributed by atoms with E-state index in [1.807, 2.05) is 24.3 Å². The molecule has 0 spiro atoms. The molecule has 29 heavy (non-hydrogen) atoms. The molecule has 0 unspecified atom stereocenters. The maximum Gasteiger partial charge on any atom is 0.234 e. The number of hydrogen-bond donors (Lipinski definition) is 2. The molecule has 1 saturated heterocycles. The Morgan fingerprint density at radius 3 is 2.69 bits per heavy atom. The molecule has 0 radical (unpaired) electrons. The summed E-state index contributed by atoms with van der Waals surface area (Å²) < 4.78 is 19.2. The second-order valence-electron chi connectivity index (χ2n) is 6.43. The number of nitrogens with zero attached hydrogens (tertiary/aromatic N) is 3. The molecule has 9 heteroatoms. The van der Waals surface area contributed by atoms with Gasteiger partial charge in [0.25, 0.3) is 0 Å². The summed E-state index contributed by atoms with van der Waals surface area (Å²) in [5.74, 6) is -0.0469. The Morgan fingerprint density at radius 2 is 1.93 bits per heavy atom. The fourth-order valence-corrected chi connectivity index (χ4v) is 3.59. The van der Waals surface area contributed by atoms with Crippen molar-refractivity contribution in [2.24, 2.45) is 0 Å². The van der Waals surface area contributed by atoms with Gasteiger partial charge in [-0.15, -0.1) is 5.10 Å². The van der Waals surface area contributed by atoms with E-state index in [9.17, 15) is 9.18 Å². The van der Waals surface area contributed by atoms with Gasteiger partial charge in [-0.05, 0) is 36.4 Å². The van der Waals surface area contributed by atoms with Crippen LogP contribution in [0.4, 0.5) is 15.8 Å². The summed E-state index contributed by atoms with van der Waals surface area (Å²) in [6, 6.07) is 14.1. The van der Waals surface area contributed by atoms with Crippen LogP contribution in [0.1, 0.15) is 0 Å². The second-order valence-corrected chi connectivity index (χ2v) is 7.37. The highest BCUT2D eigenvalue weighted by Gasteiger charge is 2.13. The summed E-state index contributed by atoms with van der Waals surface area (Å²) in [4.78, 5) is 18.7. The number of thioether (sulfide) groups is 1. The van der Waals surface area contributed by atoms with E-state index in [0.29, 0.717) is 16.5 Å². The van der Waals surface area contributed by atoms with Gasteiger partial charge in [0.05, 0.1) is 24.5 Å². The van der Waals surface area contributed by atoms with Crippen LogP contribution in [0.3, 0.4) is 0 Å². The van der Waals surface area contributed by atoms with Crippen molar-refractivity contribution in [3.8, 4) is 11.4 Å². The highest BCUT2D eigenvalue weighted by molar-refractivity contribution is 7.99. The minimum Gasteiger partial charge on any atom is -0.378 e. The number of benzene rings is 2. The lowest BCUT2D eigenvalue weighted by molar-refractivity contribution is -0.113. The molecule has 2 aromatic carbocycles. The van der Waals surface area contributed by atoms with Gasteiger partial charge < -0.3 is 15.0 Å². The highest BCUT2D eigenvalue weighted by atomic mass is 32.2. The molecule has 2 N–H and O–H groups in total. The lowest BCUT2D eigenvalue weighted by atomic mass is 10.2. The summed E-state index contributed by atoms with van der Waals surface area (Å²) in [6.45, 7) is 3.20. The van der Waals surface area contributed by atoms with Crippen molar-refractivity contribution in [2.45, 2.75) is 5.16 Å².